The number of hydrogen-bond donors (Lipinski definition) is 2. The van der Waals surface area contributed by atoms with Gasteiger partial charge in [0.05, 0.1) is 0 Å². The van der Waals surface area contributed by atoms with Crippen molar-refractivity contribution in [1.29, 1.82) is 0 Å². The molecule has 1 aliphatic rings. The van der Waals surface area contributed by atoms with Crippen molar-refractivity contribution in [2.45, 2.75) is 57.5 Å². The summed E-state index contributed by atoms with van der Waals surface area (Å²) in [5.74, 6) is 0.572. The summed E-state index contributed by atoms with van der Waals surface area (Å²) in [4.78, 5) is 6.60. The van der Waals surface area contributed by atoms with E-state index in [2.05, 4.69) is 23.7 Å². The summed E-state index contributed by atoms with van der Waals surface area (Å²) in [5, 5.41) is 0. The molecule has 0 aromatic carbocycles. The van der Waals surface area contributed by atoms with E-state index in [-0.39, 0.29) is 11.6 Å². The normalized spacial score (nSPS) is 19.6. The number of rotatable bonds is 4. The smallest absolute Gasteiger partial charge is 0.123 e. The molecule has 1 atom stereocenters. The minimum absolute atomic E-state index is 0.0162. The molecule has 0 aliphatic carbocycles. The second-order valence-corrected chi connectivity index (χ2v) is 6.45. The summed E-state index contributed by atoms with van der Waals surface area (Å²) in [6.07, 6.45) is 7.88. The first-order chi connectivity index (χ1) is 9.50. The van der Waals surface area contributed by atoms with Gasteiger partial charge in [-0.1, -0.05) is 12.8 Å². The Bertz CT molecular complexity index is 422. The molecule has 4 heteroatoms. The van der Waals surface area contributed by atoms with Crippen molar-refractivity contribution in [1.82, 2.24) is 9.88 Å². The van der Waals surface area contributed by atoms with Crippen LogP contribution in [0.3, 0.4) is 0 Å². The maximum atomic E-state index is 6.51. The van der Waals surface area contributed by atoms with Crippen molar-refractivity contribution in [2.24, 2.45) is 5.73 Å². The third-order valence-electron chi connectivity index (χ3n) is 4.63. The van der Waals surface area contributed by atoms with E-state index >= 15 is 0 Å². The Hall–Kier alpha value is -1.13. The van der Waals surface area contributed by atoms with Crippen LogP contribution in [0.15, 0.2) is 18.3 Å². The van der Waals surface area contributed by atoms with Crippen molar-refractivity contribution in [3.8, 4) is 0 Å². The predicted molar refractivity (Wildman–Crippen MR) is 84.4 cm³/mol. The highest BCUT2D eigenvalue weighted by molar-refractivity contribution is 5.32. The van der Waals surface area contributed by atoms with Crippen LogP contribution < -0.4 is 11.5 Å². The van der Waals surface area contributed by atoms with Gasteiger partial charge in [-0.25, -0.2) is 4.98 Å². The van der Waals surface area contributed by atoms with Crippen LogP contribution in [0.5, 0.6) is 0 Å². The molecule has 1 saturated heterocycles. The molecule has 1 aromatic heterocycles. The largest absolute Gasteiger partial charge is 0.384 e. The first-order valence-corrected chi connectivity index (χ1v) is 7.71. The Morgan fingerprint density at radius 3 is 2.50 bits per heavy atom. The van der Waals surface area contributed by atoms with E-state index in [0.717, 1.165) is 6.42 Å². The molecule has 2 heterocycles. The molecule has 0 saturated carbocycles. The van der Waals surface area contributed by atoms with Gasteiger partial charge in [0.25, 0.3) is 0 Å². The number of nitrogen functional groups attached to an aromatic ring is 1. The molecule has 0 amide bonds. The summed E-state index contributed by atoms with van der Waals surface area (Å²) in [7, 11) is 0. The molecule has 1 fully saturated rings. The highest BCUT2D eigenvalue weighted by Crippen LogP contribution is 2.24. The molecule has 2 rings (SSSR count). The maximum absolute atomic E-state index is 6.51. The highest BCUT2D eigenvalue weighted by atomic mass is 15.2. The minimum atomic E-state index is 0.0162. The summed E-state index contributed by atoms with van der Waals surface area (Å²) in [6.45, 7) is 6.87. The van der Waals surface area contributed by atoms with Gasteiger partial charge in [-0.3, -0.25) is 4.90 Å². The van der Waals surface area contributed by atoms with Gasteiger partial charge >= 0.3 is 0 Å². The van der Waals surface area contributed by atoms with Crippen molar-refractivity contribution in [2.75, 3.05) is 18.8 Å². The van der Waals surface area contributed by atoms with E-state index in [1.807, 2.05) is 12.1 Å². The van der Waals surface area contributed by atoms with E-state index in [1.54, 1.807) is 6.20 Å². The van der Waals surface area contributed by atoms with Crippen molar-refractivity contribution < 1.29 is 0 Å². The second-order valence-electron chi connectivity index (χ2n) is 6.45. The second kappa shape index (κ2) is 6.55. The quantitative estimate of drug-likeness (QED) is 0.884. The SMILES string of the molecule is CC(C)(C(N)Cc1ccnc(N)c1)N1CCCCCC1. The molecule has 0 bridgehead atoms. The monoisotopic (exact) mass is 276 g/mol. The zero-order chi connectivity index (χ0) is 14.6. The average Bonchev–Trinajstić information content (AvgIpc) is 2.67. The van der Waals surface area contributed by atoms with Gasteiger partial charge in [-0.2, -0.15) is 0 Å². The average molecular weight is 276 g/mol. The molecule has 4 nitrogen and oxygen atoms in total. The lowest BCUT2D eigenvalue weighted by atomic mass is 9.88. The summed E-state index contributed by atoms with van der Waals surface area (Å²) in [5.41, 5.74) is 13.4. The van der Waals surface area contributed by atoms with Crippen molar-refractivity contribution in [3.05, 3.63) is 23.9 Å². The number of aromatic nitrogens is 1. The number of nitrogens with two attached hydrogens (primary N) is 2. The van der Waals surface area contributed by atoms with Crippen LogP contribution in [0.4, 0.5) is 5.82 Å². The highest BCUT2D eigenvalue weighted by Gasteiger charge is 2.33. The zero-order valence-electron chi connectivity index (χ0n) is 12.8. The molecular weight excluding hydrogens is 248 g/mol. The Morgan fingerprint density at radius 1 is 1.25 bits per heavy atom. The molecule has 20 heavy (non-hydrogen) atoms. The van der Waals surface area contributed by atoms with E-state index in [1.165, 1.54) is 44.3 Å². The Morgan fingerprint density at radius 2 is 1.90 bits per heavy atom. The fourth-order valence-corrected chi connectivity index (χ4v) is 3.01. The van der Waals surface area contributed by atoms with Crippen LogP contribution in [0, 0.1) is 0 Å². The number of nitrogens with zero attached hydrogens (tertiary/aromatic N) is 2. The first kappa shape index (κ1) is 15.3. The Labute approximate surface area is 122 Å². The Kier molecular flexibility index (Phi) is 5.00. The summed E-state index contributed by atoms with van der Waals surface area (Å²) in [6, 6.07) is 4.04. The molecular formula is C16H28N4. The summed E-state index contributed by atoms with van der Waals surface area (Å²) < 4.78 is 0. The fraction of sp³-hybridized carbons (Fsp3) is 0.688. The fourth-order valence-electron chi connectivity index (χ4n) is 3.01. The maximum Gasteiger partial charge on any atom is 0.123 e. The number of pyridine rings is 1. The molecule has 0 radical (unpaired) electrons. The molecule has 0 spiro atoms. The van der Waals surface area contributed by atoms with Gasteiger partial charge < -0.3 is 11.5 Å². The standard InChI is InChI=1S/C16H28N4/c1-16(2,20-9-5-3-4-6-10-20)14(17)11-13-7-8-19-15(18)12-13/h7-8,12,14H,3-6,9-11,17H2,1-2H3,(H2,18,19). The van der Waals surface area contributed by atoms with Gasteiger partial charge in [0.1, 0.15) is 5.82 Å². The van der Waals surface area contributed by atoms with Crippen molar-refractivity contribution >= 4 is 5.82 Å². The van der Waals surface area contributed by atoms with Gasteiger partial charge in [0.15, 0.2) is 0 Å². The van der Waals surface area contributed by atoms with Gasteiger partial charge in [0.2, 0.25) is 0 Å². The van der Waals surface area contributed by atoms with Gasteiger partial charge in [-0.15, -0.1) is 0 Å². The molecule has 4 N–H and O–H groups in total. The van der Waals surface area contributed by atoms with E-state index in [0.29, 0.717) is 5.82 Å². The van der Waals surface area contributed by atoms with Crippen LogP contribution in [0.25, 0.3) is 0 Å². The summed E-state index contributed by atoms with van der Waals surface area (Å²) >= 11 is 0. The molecule has 1 aliphatic heterocycles. The number of hydrogen-bond acceptors (Lipinski definition) is 4. The molecule has 1 aromatic rings. The van der Waals surface area contributed by atoms with Crippen LogP contribution in [0.1, 0.15) is 45.1 Å². The van der Waals surface area contributed by atoms with E-state index in [9.17, 15) is 0 Å². The lowest BCUT2D eigenvalue weighted by Crippen LogP contribution is -2.57. The first-order valence-electron chi connectivity index (χ1n) is 7.71. The third-order valence-corrected chi connectivity index (χ3v) is 4.63. The van der Waals surface area contributed by atoms with Crippen LogP contribution >= 0.6 is 0 Å². The third kappa shape index (κ3) is 3.70. The van der Waals surface area contributed by atoms with Gasteiger partial charge in [0, 0.05) is 17.8 Å². The number of anilines is 1. The number of likely N-dealkylation sites (tertiary alicyclic amines) is 1. The van der Waals surface area contributed by atoms with Crippen LogP contribution in [-0.4, -0.2) is 34.6 Å². The minimum Gasteiger partial charge on any atom is -0.384 e. The topological polar surface area (TPSA) is 68.2 Å². The van der Waals surface area contributed by atoms with Crippen LogP contribution in [-0.2, 0) is 6.42 Å². The lowest BCUT2D eigenvalue weighted by molar-refractivity contribution is 0.0979. The van der Waals surface area contributed by atoms with Gasteiger partial charge in [-0.05, 0) is 63.9 Å². The van der Waals surface area contributed by atoms with Crippen molar-refractivity contribution in [3.63, 3.8) is 0 Å². The van der Waals surface area contributed by atoms with Crippen LogP contribution in [0.2, 0.25) is 0 Å². The van der Waals surface area contributed by atoms with E-state index < -0.39 is 0 Å². The Balaban J connectivity index is 2.03. The molecule has 1 unspecified atom stereocenters. The molecule has 112 valence electrons. The van der Waals surface area contributed by atoms with E-state index in [4.69, 9.17) is 11.5 Å². The zero-order valence-corrected chi connectivity index (χ0v) is 12.8. The lowest BCUT2D eigenvalue weighted by Gasteiger charge is -2.42. The predicted octanol–water partition coefficient (Wildman–Crippen LogP) is 2.19.